The molecule has 38 heavy (non-hydrogen) atoms. The summed E-state index contributed by atoms with van der Waals surface area (Å²) >= 11 is 0. The van der Waals surface area contributed by atoms with Gasteiger partial charge in [0.2, 0.25) is 22.7 Å². The molecular weight excluding hydrogens is 537 g/mol. The summed E-state index contributed by atoms with van der Waals surface area (Å²) in [5, 5.41) is 14.8. The monoisotopic (exact) mass is 571 g/mol. The number of carbonyl (C=O) groups is 2. The van der Waals surface area contributed by atoms with E-state index in [0.717, 1.165) is 9.87 Å². The van der Waals surface area contributed by atoms with Crippen molar-refractivity contribution in [1.29, 1.82) is 0 Å². The number of fused-ring (bicyclic) bond motifs is 1. The smallest absolute Gasteiger partial charge is 0.548 e. The van der Waals surface area contributed by atoms with Gasteiger partial charge in [0.15, 0.2) is 11.5 Å². The summed E-state index contributed by atoms with van der Waals surface area (Å²) in [6.07, 6.45) is 1.80. The number of nitrogens with two attached hydrogens (primary N) is 1. The molecule has 0 saturated heterocycles. The Balaban J connectivity index is 0.00000507. The Morgan fingerprint density at radius 2 is 1.76 bits per heavy atom. The number of aliphatic carboxylic acids is 1. The van der Waals surface area contributed by atoms with Gasteiger partial charge in [0.1, 0.15) is 0 Å². The number of unbranched alkanes of at least 4 members (excludes halogenated alkanes) is 1. The fourth-order valence-electron chi connectivity index (χ4n) is 4.04. The number of hydrogen-bond donors (Lipinski definition) is 2. The van der Waals surface area contributed by atoms with Gasteiger partial charge in [-0.1, -0.05) is 19.9 Å². The van der Waals surface area contributed by atoms with Crippen LogP contribution in [0.4, 0.5) is 5.69 Å². The number of nitrogens with zero attached hydrogens (tertiary/aromatic N) is 1. The van der Waals surface area contributed by atoms with Gasteiger partial charge in [0.25, 0.3) is 0 Å². The van der Waals surface area contributed by atoms with E-state index < -0.39 is 22.0 Å². The molecule has 1 amide bonds. The van der Waals surface area contributed by atoms with Crippen molar-refractivity contribution in [3.8, 4) is 11.5 Å². The third-order valence-corrected chi connectivity index (χ3v) is 7.84. The van der Waals surface area contributed by atoms with Crippen molar-refractivity contribution < 1.29 is 84.0 Å². The second-order valence-corrected chi connectivity index (χ2v) is 11.3. The molecule has 3 rings (SSSR count). The van der Waals surface area contributed by atoms with Gasteiger partial charge in [-0.25, -0.2) is 8.42 Å². The van der Waals surface area contributed by atoms with Crippen LogP contribution in [0.5, 0.6) is 11.5 Å². The predicted octanol–water partition coefficient (Wildman–Crippen LogP) is -1.31. The topological polar surface area (TPSA) is 151 Å². The molecule has 0 bridgehead atoms. The fourth-order valence-corrected chi connectivity index (χ4v) is 5.81. The first-order valence-corrected chi connectivity index (χ1v) is 13.8. The SMILES string of the molecule is CC(C)CN([C@@H](CCCCNC(=O)CCc1ccc2c(c1)OCO2)C(=O)[O-])S(=O)(=O)c1ccc(N)cc1.[K+]. The Labute approximate surface area is 266 Å². The Kier molecular flexibility index (Phi) is 13.0. The number of nitrogen functional groups attached to an aromatic ring is 1. The predicted molar refractivity (Wildman–Crippen MR) is 136 cm³/mol. The maximum atomic E-state index is 13.3. The van der Waals surface area contributed by atoms with Crippen molar-refractivity contribution in [3.63, 3.8) is 0 Å². The molecule has 0 saturated carbocycles. The number of amides is 1. The fraction of sp³-hybridized carbons (Fsp3) is 0.462. The van der Waals surface area contributed by atoms with Gasteiger partial charge >= 0.3 is 51.4 Å². The van der Waals surface area contributed by atoms with Gasteiger partial charge in [0, 0.05) is 25.2 Å². The van der Waals surface area contributed by atoms with Crippen LogP contribution in [-0.4, -0.2) is 50.5 Å². The van der Waals surface area contributed by atoms with Crippen molar-refractivity contribution in [2.24, 2.45) is 5.92 Å². The summed E-state index contributed by atoms with van der Waals surface area (Å²) in [5.41, 5.74) is 7.03. The minimum absolute atomic E-state index is 0. The third-order valence-electron chi connectivity index (χ3n) is 5.96. The molecule has 202 valence electrons. The molecule has 10 nitrogen and oxygen atoms in total. The largest absolute Gasteiger partial charge is 1.00 e. The van der Waals surface area contributed by atoms with Crippen molar-refractivity contribution in [2.75, 3.05) is 25.6 Å². The second kappa shape index (κ2) is 15.2. The summed E-state index contributed by atoms with van der Waals surface area (Å²) in [6, 6.07) is 9.89. The van der Waals surface area contributed by atoms with Crippen molar-refractivity contribution in [2.45, 2.75) is 56.9 Å². The van der Waals surface area contributed by atoms with E-state index >= 15 is 0 Å². The summed E-state index contributed by atoms with van der Waals surface area (Å²) < 4.78 is 38.2. The van der Waals surface area contributed by atoms with Crippen LogP contribution in [-0.2, 0) is 26.0 Å². The van der Waals surface area contributed by atoms with E-state index in [-0.39, 0.29) is 87.9 Å². The van der Waals surface area contributed by atoms with Crippen LogP contribution in [0.1, 0.15) is 45.1 Å². The van der Waals surface area contributed by atoms with Gasteiger partial charge < -0.3 is 30.4 Å². The minimum atomic E-state index is -4.08. The first-order valence-electron chi connectivity index (χ1n) is 12.3. The zero-order chi connectivity index (χ0) is 27.0. The molecule has 0 unspecified atom stereocenters. The Bertz CT molecular complexity index is 1190. The normalized spacial score (nSPS) is 13.3. The molecule has 0 aliphatic carbocycles. The average Bonchev–Trinajstić information content (AvgIpc) is 3.31. The standard InChI is InChI=1S/C26H35N3O7S.K/c1-18(2)16-29(37(33,34)21-10-8-20(27)9-11-21)22(26(31)32)5-3-4-14-28-25(30)13-7-19-6-12-23-24(15-19)36-17-35-23;/h6,8-12,15,18,22H,3-5,7,13-14,16-17,27H2,1-2H3,(H,28,30)(H,31,32);/q;+1/p-1/t22-;/m0./s1. The molecule has 12 heteroatoms. The number of nitrogens with one attached hydrogen (secondary N) is 1. The molecule has 0 aromatic heterocycles. The zero-order valence-corrected chi connectivity index (χ0v) is 26.1. The van der Waals surface area contributed by atoms with Crippen molar-refractivity contribution >= 4 is 27.6 Å². The molecule has 1 aliphatic rings. The van der Waals surface area contributed by atoms with Gasteiger partial charge in [-0.15, -0.1) is 0 Å². The van der Waals surface area contributed by atoms with E-state index in [2.05, 4.69) is 5.32 Å². The maximum Gasteiger partial charge on any atom is 1.00 e. The van der Waals surface area contributed by atoms with Crippen molar-refractivity contribution in [1.82, 2.24) is 9.62 Å². The number of carboxylic acids is 1. The van der Waals surface area contributed by atoms with E-state index in [1.165, 1.54) is 24.3 Å². The number of carbonyl (C=O) groups excluding carboxylic acids is 2. The number of ether oxygens (including phenoxy) is 2. The van der Waals surface area contributed by atoms with Crippen LogP contribution >= 0.6 is 0 Å². The number of rotatable bonds is 14. The van der Waals surface area contributed by atoms with Crippen LogP contribution < -0.4 is 77.0 Å². The molecule has 1 heterocycles. The number of anilines is 1. The molecule has 0 radical (unpaired) electrons. The molecule has 2 aromatic rings. The average molecular weight is 572 g/mol. The number of hydrogen-bond acceptors (Lipinski definition) is 8. The number of carboxylic acid groups (broad SMARTS) is 1. The van der Waals surface area contributed by atoms with Crippen LogP contribution in [0.2, 0.25) is 0 Å². The molecule has 1 aliphatic heterocycles. The quantitative estimate of drug-likeness (QED) is 0.161. The van der Waals surface area contributed by atoms with Crippen LogP contribution in [0.15, 0.2) is 47.4 Å². The van der Waals surface area contributed by atoms with Crippen LogP contribution in [0, 0.1) is 5.92 Å². The Morgan fingerprint density at radius 1 is 1.08 bits per heavy atom. The summed E-state index contributed by atoms with van der Waals surface area (Å²) in [4.78, 5) is 24.2. The minimum Gasteiger partial charge on any atom is -0.548 e. The zero-order valence-electron chi connectivity index (χ0n) is 22.1. The number of aryl methyl sites for hydroxylation is 1. The molecule has 1 atom stereocenters. The van der Waals surface area contributed by atoms with E-state index in [1.807, 2.05) is 32.0 Å². The molecule has 3 N–H and O–H groups in total. The maximum absolute atomic E-state index is 13.3. The first-order chi connectivity index (χ1) is 17.6. The van der Waals surface area contributed by atoms with E-state index in [4.69, 9.17) is 15.2 Å². The van der Waals surface area contributed by atoms with E-state index in [0.29, 0.717) is 49.4 Å². The van der Waals surface area contributed by atoms with Gasteiger partial charge in [-0.2, -0.15) is 4.31 Å². The summed E-state index contributed by atoms with van der Waals surface area (Å²) in [6.45, 7) is 4.21. The first kappa shape index (κ1) is 32.5. The third kappa shape index (κ3) is 9.21. The van der Waals surface area contributed by atoms with E-state index in [1.54, 1.807) is 0 Å². The summed E-state index contributed by atoms with van der Waals surface area (Å²) in [7, 11) is -4.08. The molecule has 0 fully saturated rings. The summed E-state index contributed by atoms with van der Waals surface area (Å²) in [5.74, 6) is -0.315. The van der Waals surface area contributed by atoms with Gasteiger partial charge in [-0.3, -0.25) is 4.79 Å². The van der Waals surface area contributed by atoms with Gasteiger partial charge in [0.05, 0.1) is 16.9 Å². The number of sulfonamides is 1. The van der Waals surface area contributed by atoms with Crippen molar-refractivity contribution in [3.05, 3.63) is 48.0 Å². The molecular formula is C26H34KN3O7S. The molecule has 0 spiro atoms. The van der Waals surface area contributed by atoms with Crippen LogP contribution in [0.3, 0.4) is 0 Å². The van der Waals surface area contributed by atoms with E-state index in [9.17, 15) is 23.1 Å². The van der Waals surface area contributed by atoms with Gasteiger partial charge in [-0.05, 0) is 73.6 Å². The second-order valence-electron chi connectivity index (χ2n) is 9.41. The number of benzene rings is 2. The Morgan fingerprint density at radius 3 is 2.42 bits per heavy atom. The van der Waals surface area contributed by atoms with Crippen LogP contribution in [0.25, 0.3) is 0 Å². The Hall–Kier alpha value is -1.67. The molecule has 2 aromatic carbocycles.